The van der Waals surface area contributed by atoms with Crippen LogP contribution >= 0.6 is 34.5 Å². The number of hydrogen-bond donors (Lipinski definition) is 2. The predicted molar refractivity (Wildman–Crippen MR) is 110 cm³/mol. The third-order valence-corrected chi connectivity index (χ3v) is 5.97. The topological polar surface area (TPSA) is 83.9 Å². The van der Waals surface area contributed by atoms with Crippen molar-refractivity contribution >= 4 is 34.5 Å². The molecule has 0 fully saturated rings. The Hall–Kier alpha value is -2.52. The van der Waals surface area contributed by atoms with Gasteiger partial charge in [-0.25, -0.2) is 14.4 Å². The molecule has 0 aliphatic rings. The molecule has 0 radical (unpaired) electrons. The molecule has 0 saturated heterocycles. The summed E-state index contributed by atoms with van der Waals surface area (Å²) in [6, 6.07) is 7.76. The van der Waals surface area contributed by atoms with Crippen molar-refractivity contribution in [3.63, 3.8) is 0 Å². The van der Waals surface area contributed by atoms with Crippen molar-refractivity contribution in [3.8, 4) is 26.9 Å². The number of rotatable bonds is 5. The van der Waals surface area contributed by atoms with Crippen LogP contribution in [0.1, 0.15) is 17.2 Å². The van der Waals surface area contributed by atoms with Gasteiger partial charge in [0.2, 0.25) is 0 Å². The number of aromatic amines is 1. The van der Waals surface area contributed by atoms with Crippen molar-refractivity contribution < 1.29 is 14.2 Å². The smallest absolute Gasteiger partial charge is 0.165 e. The molecule has 4 aromatic rings. The Morgan fingerprint density at radius 1 is 1.17 bits per heavy atom. The first kappa shape index (κ1) is 19.8. The molecule has 10 heteroatoms. The number of nitrogens with one attached hydrogen (secondary N) is 1. The van der Waals surface area contributed by atoms with Gasteiger partial charge in [-0.2, -0.15) is 5.10 Å². The molecule has 0 bridgehead atoms. The van der Waals surface area contributed by atoms with E-state index >= 15 is 0 Å². The molecule has 0 aliphatic heterocycles. The Morgan fingerprint density at radius 3 is 2.69 bits per heavy atom. The summed E-state index contributed by atoms with van der Waals surface area (Å²) in [4.78, 5) is 9.57. The number of pyridine rings is 1. The summed E-state index contributed by atoms with van der Waals surface area (Å²) in [5.74, 6) is 0.0722. The number of nitrogens with zero attached hydrogens (tertiary/aromatic N) is 3. The Labute approximate surface area is 178 Å². The molecule has 148 valence electrons. The zero-order valence-corrected chi connectivity index (χ0v) is 17.2. The van der Waals surface area contributed by atoms with E-state index in [1.807, 2.05) is 0 Å². The highest BCUT2D eigenvalue weighted by atomic mass is 35.5. The predicted octanol–water partition coefficient (Wildman–Crippen LogP) is 5.13. The van der Waals surface area contributed by atoms with E-state index in [1.54, 1.807) is 24.4 Å². The van der Waals surface area contributed by atoms with Crippen molar-refractivity contribution in [2.75, 3.05) is 7.11 Å². The molecule has 0 amide bonds. The number of aliphatic hydroxyl groups is 1. The lowest BCUT2D eigenvalue weighted by Gasteiger charge is -2.14. The summed E-state index contributed by atoms with van der Waals surface area (Å²) in [7, 11) is 1.42. The van der Waals surface area contributed by atoms with E-state index in [-0.39, 0.29) is 16.3 Å². The molecule has 3 heterocycles. The van der Waals surface area contributed by atoms with E-state index in [9.17, 15) is 9.50 Å². The van der Waals surface area contributed by atoms with Crippen LogP contribution in [0, 0.1) is 5.82 Å². The second-order valence-electron chi connectivity index (χ2n) is 6.01. The number of aliphatic hydroxyl groups excluding tert-OH is 1. The van der Waals surface area contributed by atoms with Crippen molar-refractivity contribution in [1.82, 2.24) is 20.2 Å². The monoisotopic (exact) mass is 450 g/mol. The zero-order valence-electron chi connectivity index (χ0n) is 14.9. The van der Waals surface area contributed by atoms with Crippen LogP contribution in [0.4, 0.5) is 4.39 Å². The van der Waals surface area contributed by atoms with Crippen LogP contribution in [-0.2, 0) is 0 Å². The molecular weight excluding hydrogens is 438 g/mol. The standard InChI is InChI=1S/C19H13Cl2FN4O2S/c1-28-14-5-10(13(22)7-12(14)20)17(27)11-6-15(9-2-3-23-16(21)4-9)29-18(11)19-24-8-25-26-19/h2-8,17,27H,1H3,(H,24,25,26). The zero-order chi connectivity index (χ0) is 20.5. The van der Waals surface area contributed by atoms with Crippen LogP contribution in [-0.4, -0.2) is 32.4 Å². The maximum atomic E-state index is 14.6. The molecule has 6 nitrogen and oxygen atoms in total. The second kappa shape index (κ2) is 8.08. The minimum atomic E-state index is -1.29. The first-order chi connectivity index (χ1) is 14.0. The Bertz CT molecular complexity index is 1170. The maximum absolute atomic E-state index is 14.6. The molecule has 2 N–H and O–H groups in total. The number of H-pyrrole nitrogens is 1. The normalized spacial score (nSPS) is 12.2. The van der Waals surface area contributed by atoms with Gasteiger partial charge in [-0.05, 0) is 35.9 Å². The van der Waals surface area contributed by atoms with E-state index in [4.69, 9.17) is 27.9 Å². The molecule has 1 atom stereocenters. The molecule has 3 aromatic heterocycles. The molecule has 0 saturated carbocycles. The Kier molecular flexibility index (Phi) is 5.51. The fourth-order valence-corrected chi connectivity index (χ4v) is 4.42. The minimum Gasteiger partial charge on any atom is -0.495 e. The first-order valence-electron chi connectivity index (χ1n) is 8.30. The van der Waals surface area contributed by atoms with E-state index in [0.29, 0.717) is 21.4 Å². The third kappa shape index (κ3) is 3.84. The summed E-state index contributed by atoms with van der Waals surface area (Å²) in [5, 5.41) is 18.2. The highest BCUT2D eigenvalue weighted by Gasteiger charge is 2.25. The van der Waals surface area contributed by atoms with Gasteiger partial charge >= 0.3 is 0 Å². The number of methoxy groups -OCH3 is 1. The van der Waals surface area contributed by atoms with E-state index in [0.717, 1.165) is 16.5 Å². The lowest BCUT2D eigenvalue weighted by molar-refractivity contribution is 0.215. The summed E-state index contributed by atoms with van der Waals surface area (Å²) in [6.45, 7) is 0. The summed E-state index contributed by atoms with van der Waals surface area (Å²) >= 11 is 13.3. The van der Waals surface area contributed by atoms with E-state index < -0.39 is 11.9 Å². The summed E-state index contributed by atoms with van der Waals surface area (Å²) in [5.41, 5.74) is 1.30. The Balaban J connectivity index is 1.86. The van der Waals surface area contributed by atoms with Crippen molar-refractivity contribution in [1.29, 1.82) is 0 Å². The van der Waals surface area contributed by atoms with Crippen LogP contribution in [0.15, 0.2) is 42.9 Å². The lowest BCUT2D eigenvalue weighted by atomic mass is 10.00. The molecule has 1 aromatic carbocycles. The molecule has 1 unspecified atom stereocenters. The van der Waals surface area contributed by atoms with Crippen LogP contribution in [0.3, 0.4) is 0 Å². The molecule has 4 rings (SSSR count). The van der Waals surface area contributed by atoms with Crippen LogP contribution < -0.4 is 4.74 Å². The van der Waals surface area contributed by atoms with Crippen LogP contribution in [0.25, 0.3) is 21.1 Å². The number of hydrogen-bond acceptors (Lipinski definition) is 6. The summed E-state index contributed by atoms with van der Waals surface area (Å²) in [6.07, 6.45) is 1.66. The van der Waals surface area contributed by atoms with Gasteiger partial charge in [0.15, 0.2) is 5.82 Å². The quantitative estimate of drug-likeness (QED) is 0.411. The number of halogens is 3. The fraction of sp³-hybridized carbons (Fsp3) is 0.105. The van der Waals surface area contributed by atoms with E-state index in [2.05, 4.69) is 20.2 Å². The van der Waals surface area contributed by atoms with Gasteiger partial charge in [0.25, 0.3) is 0 Å². The van der Waals surface area contributed by atoms with Crippen molar-refractivity contribution in [2.45, 2.75) is 6.10 Å². The Morgan fingerprint density at radius 2 is 2.00 bits per heavy atom. The van der Waals surface area contributed by atoms with Crippen LogP contribution in [0.2, 0.25) is 10.2 Å². The number of ether oxygens (including phenoxy) is 1. The van der Waals surface area contributed by atoms with Crippen molar-refractivity contribution in [3.05, 3.63) is 70.0 Å². The lowest BCUT2D eigenvalue weighted by Crippen LogP contribution is -2.04. The van der Waals surface area contributed by atoms with Crippen LogP contribution in [0.5, 0.6) is 5.75 Å². The average molecular weight is 451 g/mol. The molecule has 0 aliphatic carbocycles. The van der Waals surface area contributed by atoms with Gasteiger partial charge in [0.05, 0.1) is 17.0 Å². The molecular formula is C19H13Cl2FN4O2S. The maximum Gasteiger partial charge on any atom is 0.165 e. The first-order valence-corrected chi connectivity index (χ1v) is 9.87. The molecule has 29 heavy (non-hydrogen) atoms. The van der Waals surface area contributed by atoms with E-state index in [1.165, 1.54) is 30.8 Å². The fourth-order valence-electron chi connectivity index (χ4n) is 2.88. The number of thiophene rings is 1. The summed E-state index contributed by atoms with van der Waals surface area (Å²) < 4.78 is 19.8. The van der Waals surface area contributed by atoms with Gasteiger partial charge in [-0.15, -0.1) is 11.3 Å². The largest absolute Gasteiger partial charge is 0.495 e. The minimum absolute atomic E-state index is 0.0316. The average Bonchev–Trinajstić information content (AvgIpc) is 3.37. The number of aromatic nitrogens is 4. The van der Waals surface area contributed by atoms with Gasteiger partial charge in [-0.1, -0.05) is 23.2 Å². The van der Waals surface area contributed by atoms with Crippen molar-refractivity contribution in [2.24, 2.45) is 0 Å². The third-order valence-electron chi connectivity index (χ3n) is 4.26. The molecule has 0 spiro atoms. The second-order valence-corrected chi connectivity index (χ2v) is 7.85. The number of benzene rings is 1. The van der Waals surface area contributed by atoms with Gasteiger partial charge in [-0.3, -0.25) is 5.10 Å². The highest BCUT2D eigenvalue weighted by Crippen LogP contribution is 2.43. The van der Waals surface area contributed by atoms with Gasteiger partial charge in [0.1, 0.15) is 29.2 Å². The SMILES string of the molecule is COc1cc(C(O)c2cc(-c3ccnc(Cl)c3)sc2-c2ncn[nH]2)c(F)cc1Cl. The highest BCUT2D eigenvalue weighted by molar-refractivity contribution is 7.19. The van der Waals surface area contributed by atoms with Gasteiger partial charge < -0.3 is 9.84 Å². The van der Waals surface area contributed by atoms with Gasteiger partial charge in [0, 0.05) is 22.2 Å².